The van der Waals surface area contributed by atoms with Crippen molar-refractivity contribution in [2.24, 2.45) is 0 Å². The standard InChI is InChI=1S/C18H17F3N4O2/c19-18(20,21)13-2-1-3-14(10-13)23-17(27)16-11-15(4-5-22-16)25-8-6-24(12-26)7-9-25/h1-5,10-12H,6-9H2,(H,23,27). The Morgan fingerprint density at radius 1 is 1.11 bits per heavy atom. The molecule has 1 aliphatic rings. The molecule has 0 bridgehead atoms. The van der Waals surface area contributed by atoms with Gasteiger partial charge in [0.15, 0.2) is 0 Å². The van der Waals surface area contributed by atoms with Gasteiger partial charge >= 0.3 is 6.18 Å². The number of carbonyl (C=O) groups is 2. The Bertz CT molecular complexity index is 833. The first-order valence-corrected chi connectivity index (χ1v) is 8.26. The van der Waals surface area contributed by atoms with Crippen molar-refractivity contribution in [3.05, 3.63) is 53.9 Å². The molecule has 2 heterocycles. The van der Waals surface area contributed by atoms with Crippen LogP contribution in [0, 0.1) is 0 Å². The van der Waals surface area contributed by atoms with E-state index in [1.54, 1.807) is 17.0 Å². The number of nitrogens with zero attached hydrogens (tertiary/aromatic N) is 3. The Balaban J connectivity index is 1.72. The van der Waals surface area contributed by atoms with Crippen molar-refractivity contribution in [3.8, 4) is 0 Å². The lowest BCUT2D eigenvalue weighted by Crippen LogP contribution is -2.45. The van der Waals surface area contributed by atoms with Crippen LogP contribution in [0.25, 0.3) is 0 Å². The predicted octanol–water partition coefficient (Wildman–Crippen LogP) is 2.63. The first kappa shape index (κ1) is 18.7. The van der Waals surface area contributed by atoms with Crippen LogP contribution in [0.2, 0.25) is 0 Å². The van der Waals surface area contributed by atoms with E-state index in [0.29, 0.717) is 26.2 Å². The van der Waals surface area contributed by atoms with E-state index in [1.165, 1.54) is 18.3 Å². The van der Waals surface area contributed by atoms with E-state index in [2.05, 4.69) is 10.3 Å². The number of alkyl halides is 3. The number of piperazine rings is 1. The van der Waals surface area contributed by atoms with Crippen LogP contribution in [0.1, 0.15) is 16.1 Å². The third-order valence-corrected chi connectivity index (χ3v) is 4.25. The first-order chi connectivity index (χ1) is 12.9. The normalized spacial score (nSPS) is 14.8. The fraction of sp³-hybridized carbons (Fsp3) is 0.278. The molecule has 0 saturated carbocycles. The van der Waals surface area contributed by atoms with E-state index in [9.17, 15) is 22.8 Å². The van der Waals surface area contributed by atoms with Crippen molar-refractivity contribution in [3.63, 3.8) is 0 Å². The molecule has 0 aliphatic carbocycles. The number of carbonyl (C=O) groups excluding carboxylic acids is 2. The lowest BCUT2D eigenvalue weighted by molar-refractivity contribution is -0.137. The molecular formula is C18H17F3N4O2. The zero-order chi connectivity index (χ0) is 19.4. The number of hydrogen-bond donors (Lipinski definition) is 1. The molecule has 0 spiro atoms. The fourth-order valence-corrected chi connectivity index (χ4v) is 2.79. The number of nitrogens with one attached hydrogen (secondary N) is 1. The molecule has 1 saturated heterocycles. The van der Waals surface area contributed by atoms with E-state index in [-0.39, 0.29) is 11.4 Å². The second-order valence-corrected chi connectivity index (χ2v) is 6.06. The zero-order valence-electron chi connectivity index (χ0n) is 14.2. The van der Waals surface area contributed by atoms with Crippen molar-refractivity contribution in [2.75, 3.05) is 36.4 Å². The highest BCUT2D eigenvalue weighted by molar-refractivity contribution is 6.03. The molecule has 1 aromatic carbocycles. The number of benzene rings is 1. The average Bonchev–Trinajstić information content (AvgIpc) is 2.68. The molecule has 0 radical (unpaired) electrons. The monoisotopic (exact) mass is 378 g/mol. The van der Waals surface area contributed by atoms with Gasteiger partial charge < -0.3 is 15.1 Å². The summed E-state index contributed by atoms with van der Waals surface area (Å²) in [6, 6.07) is 7.76. The number of hydrogen-bond acceptors (Lipinski definition) is 4. The number of rotatable bonds is 4. The van der Waals surface area contributed by atoms with Gasteiger partial charge in [0.1, 0.15) is 5.69 Å². The number of aromatic nitrogens is 1. The van der Waals surface area contributed by atoms with E-state index in [0.717, 1.165) is 24.2 Å². The zero-order valence-corrected chi connectivity index (χ0v) is 14.2. The molecular weight excluding hydrogens is 361 g/mol. The Labute approximate surface area is 153 Å². The van der Waals surface area contributed by atoms with Gasteiger partial charge in [-0.25, -0.2) is 0 Å². The maximum Gasteiger partial charge on any atom is 0.416 e. The highest BCUT2D eigenvalue weighted by Gasteiger charge is 2.30. The Hall–Kier alpha value is -3.10. The average molecular weight is 378 g/mol. The summed E-state index contributed by atoms with van der Waals surface area (Å²) in [6.07, 6.45) is -2.21. The molecule has 1 aliphatic heterocycles. The Morgan fingerprint density at radius 2 is 1.85 bits per heavy atom. The van der Waals surface area contributed by atoms with E-state index in [4.69, 9.17) is 0 Å². The number of pyridine rings is 1. The summed E-state index contributed by atoms with van der Waals surface area (Å²) in [5.74, 6) is -0.595. The maximum atomic E-state index is 12.8. The second-order valence-electron chi connectivity index (χ2n) is 6.06. The molecule has 1 N–H and O–H groups in total. The van der Waals surface area contributed by atoms with Crippen LogP contribution in [-0.4, -0.2) is 48.4 Å². The molecule has 27 heavy (non-hydrogen) atoms. The molecule has 1 aromatic heterocycles. The largest absolute Gasteiger partial charge is 0.416 e. The number of amides is 2. The van der Waals surface area contributed by atoms with Gasteiger partial charge in [0.25, 0.3) is 5.91 Å². The number of halogens is 3. The summed E-state index contributed by atoms with van der Waals surface area (Å²) in [5.41, 5.74) is 0.0733. The Morgan fingerprint density at radius 3 is 2.52 bits per heavy atom. The summed E-state index contributed by atoms with van der Waals surface area (Å²) in [4.78, 5) is 30.8. The van der Waals surface area contributed by atoms with E-state index >= 15 is 0 Å². The molecule has 1 fully saturated rings. The van der Waals surface area contributed by atoms with Gasteiger partial charge in [0.05, 0.1) is 5.56 Å². The topological polar surface area (TPSA) is 65.5 Å². The van der Waals surface area contributed by atoms with Crippen LogP contribution in [0.4, 0.5) is 24.5 Å². The molecule has 2 aromatic rings. The summed E-state index contributed by atoms with van der Waals surface area (Å²) < 4.78 is 38.4. The summed E-state index contributed by atoms with van der Waals surface area (Å²) in [5, 5.41) is 2.44. The first-order valence-electron chi connectivity index (χ1n) is 8.26. The van der Waals surface area contributed by atoms with Gasteiger partial charge in [-0.2, -0.15) is 13.2 Å². The second kappa shape index (κ2) is 7.65. The SMILES string of the molecule is O=CN1CCN(c2ccnc(C(=O)Nc3cccc(C(F)(F)F)c3)c2)CC1. The van der Waals surface area contributed by atoms with Crippen LogP contribution in [0.5, 0.6) is 0 Å². The summed E-state index contributed by atoms with van der Waals surface area (Å²) in [6.45, 7) is 2.41. The van der Waals surface area contributed by atoms with Crippen LogP contribution < -0.4 is 10.2 Å². The minimum atomic E-state index is -4.48. The van der Waals surface area contributed by atoms with E-state index < -0.39 is 17.6 Å². The lowest BCUT2D eigenvalue weighted by Gasteiger charge is -2.34. The summed E-state index contributed by atoms with van der Waals surface area (Å²) in [7, 11) is 0. The quantitative estimate of drug-likeness (QED) is 0.831. The molecule has 0 atom stereocenters. The van der Waals surface area contributed by atoms with Gasteiger partial charge in [-0.3, -0.25) is 14.6 Å². The van der Waals surface area contributed by atoms with E-state index in [1.807, 2.05) is 4.90 Å². The molecule has 3 rings (SSSR count). The van der Waals surface area contributed by atoms with Crippen LogP contribution in [0.3, 0.4) is 0 Å². The van der Waals surface area contributed by atoms with Crippen molar-refractivity contribution in [1.29, 1.82) is 0 Å². The van der Waals surface area contributed by atoms with Crippen molar-refractivity contribution in [1.82, 2.24) is 9.88 Å². The van der Waals surface area contributed by atoms with Gasteiger partial charge in [-0.15, -0.1) is 0 Å². The van der Waals surface area contributed by atoms with Gasteiger partial charge in [-0.1, -0.05) is 6.07 Å². The molecule has 0 unspecified atom stereocenters. The van der Waals surface area contributed by atoms with Crippen molar-refractivity contribution >= 4 is 23.7 Å². The smallest absolute Gasteiger partial charge is 0.368 e. The van der Waals surface area contributed by atoms with Crippen molar-refractivity contribution < 1.29 is 22.8 Å². The third kappa shape index (κ3) is 4.55. The minimum Gasteiger partial charge on any atom is -0.368 e. The van der Waals surface area contributed by atoms with Gasteiger partial charge in [0, 0.05) is 43.8 Å². The fourth-order valence-electron chi connectivity index (χ4n) is 2.79. The lowest BCUT2D eigenvalue weighted by atomic mass is 10.2. The van der Waals surface area contributed by atoms with Crippen LogP contribution in [0.15, 0.2) is 42.6 Å². The van der Waals surface area contributed by atoms with Gasteiger partial charge in [-0.05, 0) is 30.3 Å². The predicted molar refractivity (Wildman–Crippen MR) is 93.5 cm³/mol. The van der Waals surface area contributed by atoms with Crippen LogP contribution in [-0.2, 0) is 11.0 Å². The molecule has 142 valence electrons. The minimum absolute atomic E-state index is 0.0432. The highest BCUT2D eigenvalue weighted by atomic mass is 19.4. The third-order valence-electron chi connectivity index (χ3n) is 4.25. The van der Waals surface area contributed by atoms with Gasteiger partial charge in [0.2, 0.25) is 6.41 Å². The summed E-state index contributed by atoms with van der Waals surface area (Å²) >= 11 is 0. The van der Waals surface area contributed by atoms with Crippen molar-refractivity contribution in [2.45, 2.75) is 6.18 Å². The van der Waals surface area contributed by atoms with Crippen LogP contribution >= 0.6 is 0 Å². The molecule has 2 amide bonds. The number of anilines is 2. The Kier molecular flexibility index (Phi) is 5.29. The highest BCUT2D eigenvalue weighted by Crippen LogP contribution is 2.30. The molecule has 6 nitrogen and oxygen atoms in total. The molecule has 9 heteroatoms. The maximum absolute atomic E-state index is 12.8.